The molecule has 0 bridgehead atoms. The lowest BCUT2D eigenvalue weighted by Crippen LogP contribution is -2.63. The number of nitrogens with zero attached hydrogens (tertiary/aromatic N) is 4. The number of nitrogens with one attached hydrogen (secondary N) is 1. The Morgan fingerprint density at radius 2 is 1.92 bits per heavy atom. The number of halogens is 1. The number of hydrogen-bond acceptors (Lipinski definition) is 6. The fourth-order valence-corrected chi connectivity index (χ4v) is 4.73. The molecule has 2 saturated heterocycles. The van der Waals surface area contributed by atoms with Crippen LogP contribution in [0.4, 0.5) is 5.13 Å². The van der Waals surface area contributed by atoms with E-state index < -0.39 is 0 Å². The van der Waals surface area contributed by atoms with Gasteiger partial charge in [0.15, 0.2) is 5.13 Å². The molecule has 0 unspecified atom stereocenters. The fraction of sp³-hybridized carbons (Fsp3) is 0.765. The van der Waals surface area contributed by atoms with Crippen molar-refractivity contribution in [2.24, 2.45) is 0 Å². The normalized spacial score (nSPS) is 23.2. The van der Waals surface area contributed by atoms with Crippen LogP contribution >= 0.6 is 27.3 Å². The number of rotatable bonds is 2. The number of hydrogen-bond donors (Lipinski definition) is 1. The molecular formula is C17H28BrN5OS. The summed E-state index contributed by atoms with van der Waals surface area (Å²) in [7, 11) is 0. The van der Waals surface area contributed by atoms with Crippen LogP contribution in [0.15, 0.2) is 3.79 Å². The van der Waals surface area contributed by atoms with E-state index in [2.05, 4.69) is 56.8 Å². The third kappa shape index (κ3) is 4.35. The molecule has 0 aliphatic carbocycles. The first kappa shape index (κ1) is 19.1. The molecule has 1 aromatic heterocycles. The maximum atomic E-state index is 12.9. The minimum atomic E-state index is -0.0872. The van der Waals surface area contributed by atoms with E-state index >= 15 is 0 Å². The zero-order chi connectivity index (χ0) is 18.2. The maximum Gasteiger partial charge on any atom is 0.241 e. The molecule has 1 aromatic rings. The molecule has 2 aliphatic heterocycles. The van der Waals surface area contributed by atoms with Crippen LogP contribution in [0.3, 0.4) is 0 Å². The number of thiazole rings is 1. The fourth-order valence-electron chi connectivity index (χ4n) is 3.36. The van der Waals surface area contributed by atoms with E-state index in [9.17, 15) is 4.79 Å². The van der Waals surface area contributed by atoms with Gasteiger partial charge in [-0.2, -0.15) is 0 Å². The average molecular weight is 430 g/mol. The van der Waals surface area contributed by atoms with Crippen molar-refractivity contribution in [3.63, 3.8) is 0 Å². The molecule has 2 fully saturated rings. The molecule has 0 aromatic carbocycles. The van der Waals surface area contributed by atoms with Crippen LogP contribution in [0, 0.1) is 6.92 Å². The molecule has 1 N–H and O–H groups in total. The van der Waals surface area contributed by atoms with Crippen molar-refractivity contribution in [1.29, 1.82) is 0 Å². The van der Waals surface area contributed by atoms with E-state index in [1.54, 1.807) is 11.3 Å². The third-order valence-corrected chi connectivity index (χ3v) is 7.08. The SMILES string of the molecule is Cc1nc(N2CCN(C(=O)[C@H]3CN(C(C)(C)C)CCN3)CC2)sc1Br. The predicted molar refractivity (Wildman–Crippen MR) is 106 cm³/mol. The van der Waals surface area contributed by atoms with E-state index in [1.807, 2.05) is 11.8 Å². The average Bonchev–Trinajstić information content (AvgIpc) is 2.93. The van der Waals surface area contributed by atoms with Gasteiger partial charge in [0.1, 0.15) is 0 Å². The Hall–Kier alpha value is -0.700. The highest BCUT2D eigenvalue weighted by molar-refractivity contribution is 9.11. The first-order valence-electron chi connectivity index (χ1n) is 8.91. The second-order valence-electron chi connectivity index (χ2n) is 7.79. The smallest absolute Gasteiger partial charge is 0.241 e. The number of carbonyl (C=O) groups is 1. The number of piperazine rings is 2. The summed E-state index contributed by atoms with van der Waals surface area (Å²) in [5.74, 6) is 0.241. The summed E-state index contributed by atoms with van der Waals surface area (Å²) in [6.45, 7) is 14.6. The lowest BCUT2D eigenvalue weighted by Gasteiger charge is -2.43. The van der Waals surface area contributed by atoms with Gasteiger partial charge in [-0.25, -0.2) is 4.98 Å². The van der Waals surface area contributed by atoms with Crippen LogP contribution in [0.1, 0.15) is 26.5 Å². The monoisotopic (exact) mass is 429 g/mol. The minimum Gasteiger partial charge on any atom is -0.345 e. The van der Waals surface area contributed by atoms with Crippen molar-refractivity contribution in [3.8, 4) is 0 Å². The zero-order valence-electron chi connectivity index (χ0n) is 15.5. The molecule has 6 nitrogen and oxygen atoms in total. The Labute approximate surface area is 162 Å². The molecule has 0 radical (unpaired) electrons. The van der Waals surface area contributed by atoms with Gasteiger partial charge in [0, 0.05) is 51.4 Å². The summed E-state index contributed by atoms with van der Waals surface area (Å²) in [4.78, 5) is 24.2. The van der Waals surface area contributed by atoms with Gasteiger partial charge in [0.05, 0.1) is 15.5 Å². The highest BCUT2D eigenvalue weighted by atomic mass is 79.9. The lowest BCUT2D eigenvalue weighted by atomic mass is 10.0. The van der Waals surface area contributed by atoms with Crippen LogP contribution in [0.25, 0.3) is 0 Å². The highest BCUT2D eigenvalue weighted by Crippen LogP contribution is 2.31. The Morgan fingerprint density at radius 1 is 1.24 bits per heavy atom. The van der Waals surface area contributed by atoms with Crippen LogP contribution in [-0.4, -0.2) is 78.1 Å². The zero-order valence-corrected chi connectivity index (χ0v) is 17.9. The van der Waals surface area contributed by atoms with E-state index in [1.165, 1.54) is 0 Å². The number of aromatic nitrogens is 1. The molecule has 1 atom stereocenters. The minimum absolute atomic E-state index is 0.0872. The first-order valence-corrected chi connectivity index (χ1v) is 10.5. The molecule has 3 heterocycles. The highest BCUT2D eigenvalue weighted by Gasteiger charge is 2.34. The Bertz CT molecular complexity index is 602. The molecule has 1 amide bonds. The molecule has 140 valence electrons. The van der Waals surface area contributed by atoms with Gasteiger partial charge in [-0.05, 0) is 43.6 Å². The Morgan fingerprint density at radius 3 is 2.48 bits per heavy atom. The summed E-state index contributed by atoms with van der Waals surface area (Å²) in [5, 5.41) is 4.46. The number of amides is 1. The molecule has 0 saturated carbocycles. The number of aryl methyl sites for hydroxylation is 1. The van der Waals surface area contributed by atoms with Gasteiger partial charge >= 0.3 is 0 Å². The third-order valence-electron chi connectivity index (χ3n) is 5.01. The summed E-state index contributed by atoms with van der Waals surface area (Å²) < 4.78 is 1.09. The summed E-state index contributed by atoms with van der Waals surface area (Å²) in [5.41, 5.74) is 1.14. The molecule has 3 rings (SSSR count). The van der Waals surface area contributed by atoms with Gasteiger partial charge < -0.3 is 15.1 Å². The van der Waals surface area contributed by atoms with Gasteiger partial charge in [0.2, 0.25) is 5.91 Å². The standard InChI is InChI=1S/C17H28BrN5OS/c1-12-14(18)25-16(20-12)22-9-7-21(8-10-22)15(24)13-11-23(6-5-19-13)17(2,3)4/h13,19H,5-11H2,1-4H3/t13-/m1/s1. The van der Waals surface area contributed by atoms with Crippen molar-refractivity contribution in [1.82, 2.24) is 20.1 Å². The molecular weight excluding hydrogens is 402 g/mol. The quantitative estimate of drug-likeness (QED) is 0.778. The maximum absolute atomic E-state index is 12.9. The van der Waals surface area contributed by atoms with Crippen molar-refractivity contribution >= 4 is 38.3 Å². The predicted octanol–water partition coefficient (Wildman–Crippen LogP) is 1.93. The molecule has 0 spiro atoms. The van der Waals surface area contributed by atoms with Crippen molar-refractivity contribution in [2.75, 3.05) is 50.7 Å². The summed E-state index contributed by atoms with van der Waals surface area (Å²) >= 11 is 5.21. The summed E-state index contributed by atoms with van der Waals surface area (Å²) in [6.07, 6.45) is 0. The van der Waals surface area contributed by atoms with Crippen LogP contribution < -0.4 is 10.2 Å². The van der Waals surface area contributed by atoms with Crippen molar-refractivity contribution in [2.45, 2.75) is 39.3 Å². The second-order valence-corrected chi connectivity index (χ2v) is 10.1. The van der Waals surface area contributed by atoms with Crippen LogP contribution in [0.2, 0.25) is 0 Å². The lowest BCUT2D eigenvalue weighted by molar-refractivity contribution is -0.135. The van der Waals surface area contributed by atoms with Gasteiger partial charge in [-0.15, -0.1) is 0 Å². The van der Waals surface area contributed by atoms with Crippen molar-refractivity contribution in [3.05, 3.63) is 9.48 Å². The van der Waals surface area contributed by atoms with Crippen molar-refractivity contribution < 1.29 is 4.79 Å². The topological polar surface area (TPSA) is 51.7 Å². The molecule has 8 heteroatoms. The molecule has 2 aliphatic rings. The summed E-state index contributed by atoms with van der Waals surface area (Å²) in [6, 6.07) is -0.0872. The van der Waals surface area contributed by atoms with Crippen LogP contribution in [0.5, 0.6) is 0 Å². The van der Waals surface area contributed by atoms with Gasteiger partial charge in [-0.1, -0.05) is 11.3 Å². The Kier molecular flexibility index (Phi) is 5.72. The molecule has 25 heavy (non-hydrogen) atoms. The first-order chi connectivity index (χ1) is 11.8. The van der Waals surface area contributed by atoms with E-state index in [0.717, 1.165) is 60.4 Å². The van der Waals surface area contributed by atoms with Gasteiger partial charge in [-0.3, -0.25) is 9.69 Å². The second kappa shape index (κ2) is 7.50. The number of anilines is 1. The van der Waals surface area contributed by atoms with E-state index in [0.29, 0.717) is 0 Å². The van der Waals surface area contributed by atoms with E-state index in [-0.39, 0.29) is 17.5 Å². The number of carbonyl (C=O) groups excluding carboxylic acids is 1. The largest absolute Gasteiger partial charge is 0.345 e. The van der Waals surface area contributed by atoms with Gasteiger partial charge in [0.25, 0.3) is 0 Å². The van der Waals surface area contributed by atoms with E-state index in [4.69, 9.17) is 0 Å². The Balaban J connectivity index is 1.56. The van der Waals surface area contributed by atoms with Crippen LogP contribution in [-0.2, 0) is 4.79 Å².